The lowest BCUT2D eigenvalue weighted by Crippen LogP contribution is -2.42. The van der Waals surface area contributed by atoms with E-state index in [4.69, 9.17) is 18.9 Å². The smallest absolute Gasteiger partial charge is 0.255 e. The van der Waals surface area contributed by atoms with E-state index in [0.717, 1.165) is 5.56 Å². The van der Waals surface area contributed by atoms with Crippen LogP contribution in [0.3, 0.4) is 0 Å². The average molecular weight is 447 g/mol. The molecule has 174 valence electrons. The van der Waals surface area contributed by atoms with Crippen LogP contribution in [0, 0.1) is 0 Å². The number of carbonyl (C=O) groups excluding carboxylic acids is 1. The predicted molar refractivity (Wildman–Crippen MR) is 118 cm³/mol. The van der Waals surface area contributed by atoms with Gasteiger partial charge in [0.05, 0.1) is 45.8 Å². The molecule has 0 bridgehead atoms. The van der Waals surface area contributed by atoms with Crippen LogP contribution in [-0.4, -0.2) is 63.1 Å². The molecule has 10 heteroatoms. The normalized spacial score (nSPS) is 14.7. The monoisotopic (exact) mass is 446 g/mol. The summed E-state index contributed by atoms with van der Waals surface area (Å²) in [4.78, 5) is 32.2. The van der Waals surface area contributed by atoms with Gasteiger partial charge >= 0.3 is 0 Å². The summed E-state index contributed by atoms with van der Waals surface area (Å²) >= 11 is 0. The number of rotatable bonds is 9. The van der Waals surface area contributed by atoms with Gasteiger partial charge in [0.1, 0.15) is 6.54 Å². The highest BCUT2D eigenvalue weighted by Crippen LogP contribution is 2.29. The zero-order valence-corrected chi connectivity index (χ0v) is 18.9. The fraction of sp³-hybridized carbons (Fsp3) is 0.500. The van der Waals surface area contributed by atoms with E-state index < -0.39 is 0 Å². The van der Waals surface area contributed by atoms with Crippen LogP contribution in [0.5, 0.6) is 11.5 Å². The molecule has 2 aromatic rings. The molecular formula is C22H30N4O6. The van der Waals surface area contributed by atoms with E-state index in [9.17, 15) is 9.59 Å². The Kier molecular flexibility index (Phi) is 8.07. The maximum absolute atomic E-state index is 12.8. The van der Waals surface area contributed by atoms with Crippen molar-refractivity contribution in [2.24, 2.45) is 0 Å². The fourth-order valence-corrected chi connectivity index (χ4v) is 3.55. The summed E-state index contributed by atoms with van der Waals surface area (Å²) in [6.45, 7) is 4.18. The zero-order valence-electron chi connectivity index (χ0n) is 18.9. The standard InChI is InChI=1S/C22H30N4O6/c1-15(16-5-6-18(30-3)19(11-16)31-4)23-20(27)13-26-21(28)12-17(14-29-2)24-22(26)25-7-9-32-10-8-25/h5-6,11-12,15H,7-10,13-14H2,1-4H3,(H,23,27)/t15-/m0/s1. The van der Waals surface area contributed by atoms with Gasteiger partial charge < -0.3 is 29.2 Å². The lowest BCUT2D eigenvalue weighted by atomic mass is 10.1. The van der Waals surface area contributed by atoms with Gasteiger partial charge in [0.25, 0.3) is 5.56 Å². The fourth-order valence-electron chi connectivity index (χ4n) is 3.55. The number of ether oxygens (including phenoxy) is 4. The lowest BCUT2D eigenvalue weighted by molar-refractivity contribution is -0.122. The summed E-state index contributed by atoms with van der Waals surface area (Å²) in [7, 11) is 4.67. The first-order chi connectivity index (χ1) is 15.5. The topological polar surface area (TPSA) is 104 Å². The van der Waals surface area contributed by atoms with Crippen molar-refractivity contribution in [3.8, 4) is 11.5 Å². The summed E-state index contributed by atoms with van der Waals surface area (Å²) in [6, 6.07) is 6.56. The zero-order chi connectivity index (χ0) is 23.1. The molecular weight excluding hydrogens is 416 g/mol. The number of carbonyl (C=O) groups is 1. The SMILES string of the molecule is COCc1cc(=O)n(CC(=O)N[C@@H](C)c2ccc(OC)c(OC)c2)c(N2CCOCC2)n1. The molecule has 1 aliphatic rings. The second kappa shape index (κ2) is 11.0. The van der Waals surface area contributed by atoms with Crippen LogP contribution >= 0.6 is 0 Å². The second-order valence-electron chi connectivity index (χ2n) is 7.41. The van der Waals surface area contributed by atoms with Crippen molar-refractivity contribution in [2.45, 2.75) is 26.1 Å². The highest BCUT2D eigenvalue weighted by atomic mass is 16.5. The minimum absolute atomic E-state index is 0.149. The number of hydrogen-bond donors (Lipinski definition) is 1. The maximum atomic E-state index is 12.8. The summed E-state index contributed by atoms with van der Waals surface area (Å²) in [5, 5.41) is 2.94. The summed E-state index contributed by atoms with van der Waals surface area (Å²) in [5.74, 6) is 1.33. The minimum atomic E-state index is -0.303. The Bertz CT molecular complexity index is 987. The first-order valence-corrected chi connectivity index (χ1v) is 10.4. The quantitative estimate of drug-likeness (QED) is 0.611. The number of nitrogens with one attached hydrogen (secondary N) is 1. The molecule has 1 atom stereocenters. The summed E-state index contributed by atoms with van der Waals surface area (Å²) < 4.78 is 22.5. The molecule has 0 radical (unpaired) electrons. The van der Waals surface area contributed by atoms with Crippen LogP contribution in [0.1, 0.15) is 24.2 Å². The molecule has 0 saturated carbocycles. The number of benzene rings is 1. The minimum Gasteiger partial charge on any atom is -0.493 e. The molecule has 1 aliphatic heterocycles. The Morgan fingerprint density at radius 2 is 1.88 bits per heavy atom. The van der Waals surface area contributed by atoms with E-state index >= 15 is 0 Å². The van der Waals surface area contributed by atoms with E-state index in [1.54, 1.807) is 27.4 Å². The molecule has 1 N–H and O–H groups in total. The number of anilines is 1. The van der Waals surface area contributed by atoms with Gasteiger partial charge in [-0.15, -0.1) is 0 Å². The highest BCUT2D eigenvalue weighted by Gasteiger charge is 2.21. The molecule has 1 aromatic heterocycles. The van der Waals surface area contributed by atoms with E-state index in [1.165, 1.54) is 10.6 Å². The van der Waals surface area contributed by atoms with Crippen LogP contribution in [0.25, 0.3) is 0 Å². The van der Waals surface area contributed by atoms with Crippen molar-refractivity contribution < 1.29 is 23.7 Å². The number of hydrogen-bond acceptors (Lipinski definition) is 8. The van der Waals surface area contributed by atoms with Crippen molar-refractivity contribution in [3.63, 3.8) is 0 Å². The third-order valence-corrected chi connectivity index (χ3v) is 5.21. The van der Waals surface area contributed by atoms with Gasteiger partial charge in [0, 0.05) is 26.3 Å². The van der Waals surface area contributed by atoms with E-state index in [1.807, 2.05) is 24.0 Å². The van der Waals surface area contributed by atoms with E-state index in [2.05, 4.69) is 10.3 Å². The van der Waals surface area contributed by atoms with Crippen molar-refractivity contribution in [2.75, 3.05) is 52.5 Å². The first kappa shape index (κ1) is 23.6. The molecule has 1 amide bonds. The largest absolute Gasteiger partial charge is 0.493 e. The van der Waals surface area contributed by atoms with Crippen molar-refractivity contribution in [1.29, 1.82) is 0 Å². The molecule has 1 saturated heterocycles. The van der Waals surface area contributed by atoms with Crippen LogP contribution in [-0.2, 0) is 27.4 Å². The van der Waals surface area contributed by atoms with Crippen molar-refractivity contribution in [3.05, 3.63) is 45.9 Å². The Balaban J connectivity index is 1.80. The van der Waals surface area contributed by atoms with Crippen molar-refractivity contribution in [1.82, 2.24) is 14.9 Å². The number of aromatic nitrogens is 2. The molecule has 1 aromatic carbocycles. The summed E-state index contributed by atoms with van der Waals surface area (Å²) in [6.07, 6.45) is 0. The van der Waals surface area contributed by atoms with Crippen LogP contribution in [0.15, 0.2) is 29.1 Å². The molecule has 0 aliphatic carbocycles. The van der Waals surface area contributed by atoms with Gasteiger partial charge in [-0.1, -0.05) is 6.07 Å². The Hall–Kier alpha value is -3.11. The van der Waals surface area contributed by atoms with Crippen LogP contribution in [0.4, 0.5) is 5.95 Å². The average Bonchev–Trinajstić information content (AvgIpc) is 2.80. The molecule has 0 unspecified atom stereocenters. The number of nitrogens with zero attached hydrogens (tertiary/aromatic N) is 3. The number of methoxy groups -OCH3 is 3. The highest BCUT2D eigenvalue weighted by molar-refractivity contribution is 5.76. The predicted octanol–water partition coefficient (Wildman–Crippen LogP) is 1.12. The molecule has 32 heavy (non-hydrogen) atoms. The van der Waals surface area contributed by atoms with Gasteiger partial charge in [0.15, 0.2) is 11.5 Å². The van der Waals surface area contributed by atoms with Crippen LogP contribution in [0.2, 0.25) is 0 Å². The molecule has 0 spiro atoms. The van der Waals surface area contributed by atoms with Gasteiger partial charge in [-0.05, 0) is 24.6 Å². The van der Waals surface area contributed by atoms with Crippen molar-refractivity contribution >= 4 is 11.9 Å². The molecule has 1 fully saturated rings. The van der Waals surface area contributed by atoms with Gasteiger partial charge in [-0.2, -0.15) is 0 Å². The Morgan fingerprint density at radius 1 is 1.16 bits per heavy atom. The number of morpholine rings is 1. The Morgan fingerprint density at radius 3 is 2.53 bits per heavy atom. The summed E-state index contributed by atoms with van der Waals surface area (Å²) in [5.41, 5.74) is 1.07. The number of amides is 1. The third-order valence-electron chi connectivity index (χ3n) is 5.21. The molecule has 10 nitrogen and oxygen atoms in total. The van der Waals surface area contributed by atoms with Gasteiger partial charge in [-0.3, -0.25) is 14.2 Å². The lowest BCUT2D eigenvalue weighted by Gasteiger charge is -2.30. The van der Waals surface area contributed by atoms with Gasteiger partial charge in [0.2, 0.25) is 11.9 Å². The van der Waals surface area contributed by atoms with Gasteiger partial charge in [-0.25, -0.2) is 4.98 Å². The maximum Gasteiger partial charge on any atom is 0.255 e. The third kappa shape index (κ3) is 5.57. The molecule has 3 rings (SSSR count). The Labute approximate surface area is 187 Å². The van der Waals surface area contributed by atoms with E-state index in [-0.39, 0.29) is 30.7 Å². The van der Waals surface area contributed by atoms with E-state index in [0.29, 0.717) is 49.4 Å². The second-order valence-corrected chi connectivity index (χ2v) is 7.41. The first-order valence-electron chi connectivity index (χ1n) is 10.4. The van der Waals surface area contributed by atoms with Crippen LogP contribution < -0.4 is 25.2 Å². The molecule has 2 heterocycles.